The van der Waals surface area contributed by atoms with E-state index in [1.165, 1.54) is 0 Å². The fraction of sp³-hybridized carbons (Fsp3) is 0.261. The van der Waals surface area contributed by atoms with Crippen LogP contribution in [-0.4, -0.2) is 62.3 Å². The molecule has 0 radical (unpaired) electrons. The van der Waals surface area contributed by atoms with E-state index in [-0.39, 0.29) is 0 Å². The van der Waals surface area contributed by atoms with E-state index in [1.54, 1.807) is 6.21 Å². The largest absolute Gasteiger partial charge is 0.379 e. The Balaban J connectivity index is 1.40. The Morgan fingerprint density at radius 2 is 1.60 bits per heavy atom. The quantitative estimate of drug-likeness (QED) is 0.294. The molecule has 3 aromatic carbocycles. The van der Waals surface area contributed by atoms with Crippen LogP contribution in [0.3, 0.4) is 0 Å². The number of carbonyl (C=O) groups is 2. The average Bonchev–Trinajstić information content (AvgIpc) is 2.79. The highest BCUT2D eigenvalue weighted by Crippen LogP contribution is 2.27. The maximum absolute atomic E-state index is 12.1. The molecule has 0 aliphatic carbocycles. The molecule has 0 spiro atoms. The summed E-state index contributed by atoms with van der Waals surface area (Å²) in [6.07, 6.45) is 1.60. The molecule has 1 aliphatic heterocycles. The Morgan fingerprint density at radius 3 is 2.27 bits per heavy atom. The van der Waals surface area contributed by atoms with Gasteiger partial charge in [0.05, 0.1) is 19.4 Å². The molecule has 0 bridgehead atoms. The van der Waals surface area contributed by atoms with E-state index >= 15 is 0 Å². The second kappa shape index (κ2) is 9.47. The van der Waals surface area contributed by atoms with Crippen LogP contribution in [0.4, 0.5) is 0 Å². The number of nitrogens with zero attached hydrogens (tertiary/aromatic N) is 2. The van der Waals surface area contributed by atoms with Crippen molar-refractivity contribution in [1.29, 1.82) is 0 Å². The minimum atomic E-state index is -0.780. The summed E-state index contributed by atoms with van der Waals surface area (Å²) in [5.41, 5.74) is 3.23. The number of ether oxygens (including phenoxy) is 1. The summed E-state index contributed by atoms with van der Waals surface area (Å²) < 4.78 is 5.29. The first-order chi connectivity index (χ1) is 14.7. The highest BCUT2D eigenvalue weighted by atomic mass is 16.5. The lowest BCUT2D eigenvalue weighted by molar-refractivity contribution is -0.139. The van der Waals surface area contributed by atoms with Gasteiger partial charge in [-0.15, -0.1) is 0 Å². The third-order valence-electron chi connectivity index (χ3n) is 5.20. The van der Waals surface area contributed by atoms with Crippen LogP contribution in [-0.2, 0) is 14.3 Å². The molecule has 0 atom stereocenters. The number of fused-ring (bicyclic) bond motifs is 2. The van der Waals surface area contributed by atoms with Crippen LogP contribution in [0.5, 0.6) is 0 Å². The third kappa shape index (κ3) is 4.64. The van der Waals surface area contributed by atoms with Gasteiger partial charge in [0.15, 0.2) is 0 Å². The molecule has 1 fully saturated rings. The molecular weight excluding hydrogens is 380 g/mol. The van der Waals surface area contributed by atoms with Crippen molar-refractivity contribution >= 4 is 39.6 Å². The van der Waals surface area contributed by atoms with Gasteiger partial charge in [0, 0.05) is 31.7 Å². The maximum Gasteiger partial charge on any atom is 0.329 e. The van der Waals surface area contributed by atoms with Crippen LogP contribution in [0.25, 0.3) is 21.5 Å². The predicted octanol–water partition coefficient (Wildman–Crippen LogP) is 1.89. The van der Waals surface area contributed by atoms with Crippen LogP contribution < -0.4 is 10.7 Å². The van der Waals surface area contributed by atoms with Gasteiger partial charge >= 0.3 is 11.8 Å². The normalized spacial score (nSPS) is 14.9. The Bertz CT molecular complexity index is 1040. The molecule has 0 unspecified atom stereocenters. The van der Waals surface area contributed by atoms with Gasteiger partial charge in [0.2, 0.25) is 0 Å². The zero-order valence-electron chi connectivity index (χ0n) is 16.6. The van der Waals surface area contributed by atoms with Crippen molar-refractivity contribution in [3.63, 3.8) is 0 Å². The molecule has 154 valence electrons. The van der Waals surface area contributed by atoms with Gasteiger partial charge in [-0.1, -0.05) is 48.5 Å². The Hall–Kier alpha value is -3.29. The smallest absolute Gasteiger partial charge is 0.329 e. The Morgan fingerprint density at radius 1 is 0.967 bits per heavy atom. The molecule has 7 heteroatoms. The van der Waals surface area contributed by atoms with E-state index in [9.17, 15) is 9.59 Å². The van der Waals surface area contributed by atoms with Gasteiger partial charge in [-0.2, -0.15) is 5.10 Å². The van der Waals surface area contributed by atoms with E-state index in [1.807, 2.05) is 48.5 Å². The fourth-order valence-corrected chi connectivity index (χ4v) is 3.63. The van der Waals surface area contributed by atoms with Gasteiger partial charge in [0.25, 0.3) is 0 Å². The summed E-state index contributed by atoms with van der Waals surface area (Å²) >= 11 is 0. The second-order valence-electron chi connectivity index (χ2n) is 7.14. The highest BCUT2D eigenvalue weighted by molar-refractivity contribution is 6.35. The van der Waals surface area contributed by atoms with Gasteiger partial charge in [0.1, 0.15) is 0 Å². The van der Waals surface area contributed by atoms with E-state index in [0.29, 0.717) is 26.3 Å². The molecule has 0 saturated carbocycles. The van der Waals surface area contributed by atoms with Crippen molar-refractivity contribution in [1.82, 2.24) is 15.6 Å². The number of hydrogen-bond donors (Lipinski definition) is 2. The van der Waals surface area contributed by atoms with E-state index in [4.69, 9.17) is 4.74 Å². The lowest BCUT2D eigenvalue weighted by Crippen LogP contribution is -2.44. The monoisotopic (exact) mass is 404 g/mol. The summed E-state index contributed by atoms with van der Waals surface area (Å²) in [6, 6.07) is 18.2. The molecule has 4 rings (SSSR count). The first kappa shape index (κ1) is 20.0. The van der Waals surface area contributed by atoms with Gasteiger partial charge in [-0.05, 0) is 27.6 Å². The number of carbonyl (C=O) groups excluding carboxylic acids is 2. The molecule has 2 amide bonds. The van der Waals surface area contributed by atoms with Crippen molar-refractivity contribution in [3.8, 4) is 0 Å². The second-order valence-corrected chi connectivity index (χ2v) is 7.14. The number of rotatable bonds is 5. The number of hydrogen-bond acceptors (Lipinski definition) is 5. The minimum Gasteiger partial charge on any atom is -0.379 e. The first-order valence-electron chi connectivity index (χ1n) is 10.0. The molecule has 7 nitrogen and oxygen atoms in total. The zero-order chi connectivity index (χ0) is 20.8. The highest BCUT2D eigenvalue weighted by Gasteiger charge is 2.14. The van der Waals surface area contributed by atoms with Gasteiger partial charge in [-0.25, -0.2) is 5.43 Å². The van der Waals surface area contributed by atoms with Crippen molar-refractivity contribution in [2.75, 3.05) is 39.4 Å². The predicted molar refractivity (Wildman–Crippen MR) is 117 cm³/mol. The third-order valence-corrected chi connectivity index (χ3v) is 5.20. The topological polar surface area (TPSA) is 83.0 Å². The summed E-state index contributed by atoms with van der Waals surface area (Å²) in [5.74, 6) is -1.47. The molecule has 0 aromatic heterocycles. The van der Waals surface area contributed by atoms with Gasteiger partial charge < -0.3 is 10.1 Å². The zero-order valence-corrected chi connectivity index (χ0v) is 16.6. The molecule has 1 aliphatic rings. The summed E-state index contributed by atoms with van der Waals surface area (Å²) in [6.45, 7) is 4.17. The minimum absolute atomic E-state index is 0.407. The average molecular weight is 404 g/mol. The van der Waals surface area contributed by atoms with Crippen molar-refractivity contribution in [3.05, 3.63) is 60.2 Å². The van der Waals surface area contributed by atoms with Crippen LogP contribution in [0.2, 0.25) is 0 Å². The van der Waals surface area contributed by atoms with Crippen LogP contribution in [0, 0.1) is 0 Å². The standard InChI is InChI=1S/C23H24N4O3/c28-22(24-9-10-27-11-13-30-14-12-27)23(29)26-25-16-21-19-7-3-1-5-17(19)15-18-6-2-4-8-20(18)21/h1-8,15-16H,9-14H2,(H,24,28)(H,26,29)/b25-16-. The van der Waals surface area contributed by atoms with Crippen molar-refractivity contribution in [2.45, 2.75) is 0 Å². The Labute approximate surface area is 174 Å². The number of hydrazone groups is 1. The van der Waals surface area contributed by atoms with Gasteiger partial charge in [-0.3, -0.25) is 14.5 Å². The maximum atomic E-state index is 12.1. The summed E-state index contributed by atoms with van der Waals surface area (Å²) in [7, 11) is 0. The van der Waals surface area contributed by atoms with Crippen molar-refractivity contribution in [2.24, 2.45) is 5.10 Å². The first-order valence-corrected chi connectivity index (χ1v) is 10.0. The number of morpholine rings is 1. The summed E-state index contributed by atoms with van der Waals surface area (Å²) in [5, 5.41) is 10.9. The van der Waals surface area contributed by atoms with E-state index < -0.39 is 11.8 Å². The molecule has 3 aromatic rings. The van der Waals surface area contributed by atoms with E-state index in [2.05, 4.69) is 26.8 Å². The van der Waals surface area contributed by atoms with Crippen LogP contribution in [0.15, 0.2) is 59.7 Å². The lowest BCUT2D eigenvalue weighted by Gasteiger charge is -2.26. The number of amides is 2. The van der Waals surface area contributed by atoms with Crippen LogP contribution in [0.1, 0.15) is 5.56 Å². The molecule has 1 saturated heterocycles. The molecular formula is C23H24N4O3. The number of nitrogens with one attached hydrogen (secondary N) is 2. The number of benzene rings is 3. The molecule has 1 heterocycles. The SMILES string of the molecule is O=C(NCCN1CCOCC1)C(=O)N/N=C\c1c2ccccc2cc2ccccc12. The van der Waals surface area contributed by atoms with Crippen molar-refractivity contribution < 1.29 is 14.3 Å². The lowest BCUT2D eigenvalue weighted by atomic mass is 9.97. The van der Waals surface area contributed by atoms with E-state index in [0.717, 1.165) is 40.2 Å². The fourth-order valence-electron chi connectivity index (χ4n) is 3.63. The van der Waals surface area contributed by atoms with Crippen LogP contribution >= 0.6 is 0 Å². The summed E-state index contributed by atoms with van der Waals surface area (Å²) in [4.78, 5) is 26.3. The Kier molecular flexibility index (Phi) is 6.32. The molecule has 2 N–H and O–H groups in total. The molecule has 30 heavy (non-hydrogen) atoms.